The Morgan fingerprint density at radius 1 is 1.35 bits per heavy atom. The summed E-state index contributed by atoms with van der Waals surface area (Å²) in [5.74, 6) is 1.42. The molecule has 0 N–H and O–H groups in total. The number of hydrogen-bond acceptors (Lipinski definition) is 3. The SMILES string of the molecule is COc1ccc(CC2CN(C)CCC2=O)cc1. The number of likely N-dealkylation sites (tertiary alicyclic amines) is 1. The van der Waals surface area contributed by atoms with Crippen molar-refractivity contribution in [2.45, 2.75) is 12.8 Å². The minimum atomic E-state index is 0.155. The number of ketones is 1. The first-order valence-electron chi connectivity index (χ1n) is 6.03. The Morgan fingerprint density at radius 2 is 2.06 bits per heavy atom. The first-order valence-corrected chi connectivity index (χ1v) is 6.03. The molecule has 1 fully saturated rings. The van der Waals surface area contributed by atoms with Crippen LogP contribution >= 0.6 is 0 Å². The number of carbonyl (C=O) groups is 1. The van der Waals surface area contributed by atoms with E-state index in [2.05, 4.69) is 11.9 Å². The molecule has 1 aliphatic rings. The lowest BCUT2D eigenvalue weighted by Crippen LogP contribution is -2.39. The summed E-state index contributed by atoms with van der Waals surface area (Å²) in [5, 5.41) is 0. The second kappa shape index (κ2) is 5.32. The van der Waals surface area contributed by atoms with Crippen LogP contribution in [-0.4, -0.2) is 37.9 Å². The average molecular weight is 233 g/mol. The van der Waals surface area contributed by atoms with Gasteiger partial charge in [-0.05, 0) is 31.2 Å². The summed E-state index contributed by atoms with van der Waals surface area (Å²) >= 11 is 0. The van der Waals surface area contributed by atoms with Gasteiger partial charge in [-0.2, -0.15) is 0 Å². The number of Topliss-reactive ketones (excluding diaryl/α,β-unsaturated/α-hetero) is 1. The number of rotatable bonds is 3. The van der Waals surface area contributed by atoms with Crippen molar-refractivity contribution in [3.8, 4) is 5.75 Å². The van der Waals surface area contributed by atoms with Crippen molar-refractivity contribution in [2.75, 3.05) is 27.2 Å². The minimum Gasteiger partial charge on any atom is -0.497 e. The third-order valence-electron chi connectivity index (χ3n) is 3.37. The molecule has 17 heavy (non-hydrogen) atoms. The van der Waals surface area contributed by atoms with Gasteiger partial charge in [0.25, 0.3) is 0 Å². The van der Waals surface area contributed by atoms with Crippen LogP contribution in [0.15, 0.2) is 24.3 Å². The standard InChI is InChI=1S/C14H19NO2/c1-15-8-7-14(16)12(10-15)9-11-3-5-13(17-2)6-4-11/h3-6,12H,7-10H2,1-2H3. The van der Waals surface area contributed by atoms with Crippen molar-refractivity contribution in [1.82, 2.24) is 4.90 Å². The van der Waals surface area contributed by atoms with Crippen LogP contribution in [0, 0.1) is 5.92 Å². The van der Waals surface area contributed by atoms with Gasteiger partial charge in [-0.15, -0.1) is 0 Å². The van der Waals surface area contributed by atoms with Crippen LogP contribution in [0.1, 0.15) is 12.0 Å². The van der Waals surface area contributed by atoms with E-state index in [4.69, 9.17) is 4.74 Å². The fourth-order valence-corrected chi connectivity index (χ4v) is 2.30. The normalized spacial score (nSPS) is 21.5. The molecule has 0 spiro atoms. The van der Waals surface area contributed by atoms with Crippen LogP contribution in [0.2, 0.25) is 0 Å². The zero-order chi connectivity index (χ0) is 12.3. The minimum absolute atomic E-state index is 0.155. The summed E-state index contributed by atoms with van der Waals surface area (Å²) in [6, 6.07) is 7.99. The quantitative estimate of drug-likeness (QED) is 0.796. The lowest BCUT2D eigenvalue weighted by atomic mass is 9.90. The third-order valence-corrected chi connectivity index (χ3v) is 3.37. The summed E-state index contributed by atoms with van der Waals surface area (Å²) in [6.45, 7) is 1.78. The lowest BCUT2D eigenvalue weighted by molar-refractivity contribution is -0.125. The molecule has 0 aliphatic carbocycles. The molecule has 0 bridgehead atoms. The lowest BCUT2D eigenvalue weighted by Gasteiger charge is -2.28. The van der Waals surface area contributed by atoms with Gasteiger partial charge < -0.3 is 9.64 Å². The number of hydrogen-bond donors (Lipinski definition) is 0. The predicted octanol–water partition coefficient (Wildman–Crippen LogP) is 1.76. The highest BCUT2D eigenvalue weighted by Crippen LogP contribution is 2.19. The fourth-order valence-electron chi connectivity index (χ4n) is 2.30. The molecule has 1 saturated heterocycles. The molecule has 1 aromatic carbocycles. The Balaban J connectivity index is 2.01. The van der Waals surface area contributed by atoms with E-state index in [1.807, 2.05) is 24.3 Å². The average Bonchev–Trinajstić information content (AvgIpc) is 2.35. The molecule has 1 atom stereocenters. The van der Waals surface area contributed by atoms with Gasteiger partial charge in [0.1, 0.15) is 11.5 Å². The number of methoxy groups -OCH3 is 1. The summed E-state index contributed by atoms with van der Waals surface area (Å²) in [6.07, 6.45) is 1.53. The highest BCUT2D eigenvalue weighted by Gasteiger charge is 2.25. The molecular weight excluding hydrogens is 214 g/mol. The molecule has 1 aromatic rings. The van der Waals surface area contributed by atoms with E-state index in [0.29, 0.717) is 12.2 Å². The smallest absolute Gasteiger partial charge is 0.138 e. The van der Waals surface area contributed by atoms with Gasteiger partial charge in [-0.25, -0.2) is 0 Å². The molecule has 0 amide bonds. The molecule has 92 valence electrons. The van der Waals surface area contributed by atoms with Crippen molar-refractivity contribution in [3.05, 3.63) is 29.8 Å². The summed E-state index contributed by atoms with van der Waals surface area (Å²) in [4.78, 5) is 14.0. The Morgan fingerprint density at radius 3 is 2.71 bits per heavy atom. The molecule has 0 saturated carbocycles. The second-order valence-corrected chi connectivity index (χ2v) is 4.73. The summed E-state index contributed by atoms with van der Waals surface area (Å²) in [5.41, 5.74) is 1.21. The molecule has 0 aromatic heterocycles. The highest BCUT2D eigenvalue weighted by molar-refractivity contribution is 5.82. The maximum Gasteiger partial charge on any atom is 0.138 e. The maximum atomic E-state index is 11.8. The van der Waals surface area contributed by atoms with Gasteiger partial charge in [0.15, 0.2) is 0 Å². The van der Waals surface area contributed by atoms with E-state index >= 15 is 0 Å². The van der Waals surface area contributed by atoms with E-state index in [-0.39, 0.29) is 5.92 Å². The van der Waals surface area contributed by atoms with Crippen LogP contribution in [0.25, 0.3) is 0 Å². The van der Waals surface area contributed by atoms with Crippen molar-refractivity contribution in [2.24, 2.45) is 5.92 Å². The largest absolute Gasteiger partial charge is 0.497 e. The second-order valence-electron chi connectivity index (χ2n) is 4.73. The van der Waals surface area contributed by atoms with Crippen molar-refractivity contribution >= 4 is 5.78 Å². The summed E-state index contributed by atoms with van der Waals surface area (Å²) in [7, 11) is 3.74. The first-order chi connectivity index (χ1) is 8.19. The molecular formula is C14H19NO2. The number of ether oxygens (including phenoxy) is 1. The Hall–Kier alpha value is -1.35. The van der Waals surface area contributed by atoms with E-state index in [1.54, 1.807) is 7.11 Å². The summed E-state index contributed by atoms with van der Waals surface area (Å²) < 4.78 is 5.12. The Labute approximate surface area is 102 Å². The molecule has 1 heterocycles. The highest BCUT2D eigenvalue weighted by atomic mass is 16.5. The number of carbonyl (C=O) groups excluding carboxylic acids is 1. The number of nitrogens with zero attached hydrogens (tertiary/aromatic N) is 1. The molecule has 0 radical (unpaired) electrons. The maximum absolute atomic E-state index is 11.8. The molecule has 3 heteroatoms. The van der Waals surface area contributed by atoms with E-state index in [1.165, 1.54) is 5.56 Å². The van der Waals surface area contributed by atoms with Crippen LogP contribution in [0.4, 0.5) is 0 Å². The van der Waals surface area contributed by atoms with Gasteiger partial charge in [-0.1, -0.05) is 12.1 Å². The van der Waals surface area contributed by atoms with Gasteiger partial charge in [-0.3, -0.25) is 4.79 Å². The van der Waals surface area contributed by atoms with E-state index < -0.39 is 0 Å². The van der Waals surface area contributed by atoms with Crippen LogP contribution in [0.3, 0.4) is 0 Å². The van der Waals surface area contributed by atoms with E-state index in [0.717, 1.165) is 25.3 Å². The molecule has 3 nitrogen and oxygen atoms in total. The fraction of sp³-hybridized carbons (Fsp3) is 0.500. The van der Waals surface area contributed by atoms with Crippen LogP contribution in [0.5, 0.6) is 5.75 Å². The molecule has 2 rings (SSSR count). The zero-order valence-corrected chi connectivity index (χ0v) is 10.5. The number of benzene rings is 1. The predicted molar refractivity (Wildman–Crippen MR) is 67.3 cm³/mol. The molecule has 1 unspecified atom stereocenters. The van der Waals surface area contributed by atoms with Gasteiger partial charge in [0.05, 0.1) is 7.11 Å². The monoisotopic (exact) mass is 233 g/mol. The van der Waals surface area contributed by atoms with Gasteiger partial charge >= 0.3 is 0 Å². The van der Waals surface area contributed by atoms with E-state index in [9.17, 15) is 4.79 Å². The van der Waals surface area contributed by atoms with Crippen LogP contribution in [-0.2, 0) is 11.2 Å². The Kier molecular flexibility index (Phi) is 3.79. The van der Waals surface area contributed by atoms with Crippen molar-refractivity contribution < 1.29 is 9.53 Å². The third kappa shape index (κ3) is 3.07. The Bertz CT molecular complexity index is 386. The van der Waals surface area contributed by atoms with Gasteiger partial charge in [0.2, 0.25) is 0 Å². The van der Waals surface area contributed by atoms with Crippen molar-refractivity contribution in [1.29, 1.82) is 0 Å². The number of piperidine rings is 1. The van der Waals surface area contributed by atoms with Crippen LogP contribution < -0.4 is 4.74 Å². The van der Waals surface area contributed by atoms with Gasteiger partial charge in [0, 0.05) is 25.4 Å². The molecule has 1 aliphatic heterocycles. The first kappa shape index (κ1) is 12.1. The zero-order valence-electron chi connectivity index (χ0n) is 10.5. The van der Waals surface area contributed by atoms with Crippen molar-refractivity contribution in [3.63, 3.8) is 0 Å². The topological polar surface area (TPSA) is 29.5 Å².